The highest BCUT2D eigenvalue weighted by molar-refractivity contribution is 5.93. The Bertz CT molecular complexity index is 680. The smallest absolute Gasteiger partial charge is 0.160 e. The topological polar surface area (TPSA) is 72.5 Å². The molecule has 0 atom stereocenters. The molecular formula is C13H15N5. The molecule has 2 aromatic heterocycles. The van der Waals surface area contributed by atoms with Crippen LogP contribution in [0.5, 0.6) is 0 Å². The molecule has 3 rings (SSSR count). The van der Waals surface area contributed by atoms with Crippen molar-refractivity contribution in [3.05, 3.63) is 36.3 Å². The highest BCUT2D eigenvalue weighted by Gasteiger charge is 2.12. The molecule has 2 heterocycles. The zero-order valence-electron chi connectivity index (χ0n) is 10.2. The van der Waals surface area contributed by atoms with Crippen molar-refractivity contribution in [2.75, 3.05) is 6.54 Å². The molecule has 3 N–H and O–H groups in total. The first-order valence-electron chi connectivity index (χ1n) is 5.96. The van der Waals surface area contributed by atoms with E-state index in [-0.39, 0.29) is 0 Å². The third kappa shape index (κ3) is 1.69. The molecule has 0 aliphatic carbocycles. The Morgan fingerprint density at radius 1 is 1.33 bits per heavy atom. The molecule has 3 aromatic rings. The van der Waals surface area contributed by atoms with Crippen molar-refractivity contribution in [1.82, 2.24) is 19.7 Å². The summed E-state index contributed by atoms with van der Waals surface area (Å²) in [4.78, 5) is 7.79. The van der Waals surface area contributed by atoms with Gasteiger partial charge in [0.2, 0.25) is 0 Å². The average molecular weight is 241 g/mol. The standard InChI is InChI=1S/C13H15N5/c1-18-13(16-12(17-18)6-7-14)10-8-15-11-5-3-2-4-9(10)11/h2-5,8,15H,6-7,14H2,1H3. The van der Waals surface area contributed by atoms with Crippen LogP contribution in [0.15, 0.2) is 30.5 Å². The van der Waals surface area contributed by atoms with Crippen LogP contribution >= 0.6 is 0 Å². The van der Waals surface area contributed by atoms with E-state index < -0.39 is 0 Å². The Morgan fingerprint density at radius 3 is 3.00 bits per heavy atom. The Morgan fingerprint density at radius 2 is 2.17 bits per heavy atom. The van der Waals surface area contributed by atoms with E-state index in [2.05, 4.69) is 27.2 Å². The number of rotatable bonds is 3. The largest absolute Gasteiger partial charge is 0.360 e. The van der Waals surface area contributed by atoms with E-state index in [9.17, 15) is 0 Å². The minimum absolute atomic E-state index is 0.567. The van der Waals surface area contributed by atoms with Crippen molar-refractivity contribution in [2.24, 2.45) is 12.8 Å². The van der Waals surface area contributed by atoms with Crippen molar-refractivity contribution < 1.29 is 0 Å². The van der Waals surface area contributed by atoms with Gasteiger partial charge in [-0.05, 0) is 12.6 Å². The second kappa shape index (κ2) is 4.27. The van der Waals surface area contributed by atoms with Crippen LogP contribution in [0, 0.1) is 0 Å². The van der Waals surface area contributed by atoms with E-state index in [0.29, 0.717) is 13.0 Å². The van der Waals surface area contributed by atoms with Crippen LogP contribution in [0.25, 0.3) is 22.3 Å². The molecule has 0 aliphatic rings. The maximum Gasteiger partial charge on any atom is 0.160 e. The first kappa shape index (κ1) is 11.0. The lowest BCUT2D eigenvalue weighted by molar-refractivity contribution is 0.745. The third-order valence-corrected chi connectivity index (χ3v) is 3.01. The highest BCUT2D eigenvalue weighted by Crippen LogP contribution is 2.26. The summed E-state index contributed by atoms with van der Waals surface area (Å²) < 4.78 is 1.81. The molecule has 0 radical (unpaired) electrons. The molecule has 92 valence electrons. The Kier molecular flexibility index (Phi) is 2.60. The zero-order chi connectivity index (χ0) is 12.5. The van der Waals surface area contributed by atoms with Gasteiger partial charge in [0.1, 0.15) is 0 Å². The maximum atomic E-state index is 5.53. The van der Waals surface area contributed by atoms with Gasteiger partial charge in [-0.15, -0.1) is 0 Å². The molecule has 0 saturated carbocycles. The molecule has 5 heteroatoms. The fourth-order valence-electron chi connectivity index (χ4n) is 2.16. The molecule has 0 unspecified atom stereocenters. The number of aryl methyl sites for hydroxylation is 1. The van der Waals surface area contributed by atoms with Crippen molar-refractivity contribution >= 4 is 10.9 Å². The molecule has 0 bridgehead atoms. The van der Waals surface area contributed by atoms with Gasteiger partial charge in [0.25, 0.3) is 0 Å². The van der Waals surface area contributed by atoms with Gasteiger partial charge < -0.3 is 10.7 Å². The van der Waals surface area contributed by atoms with E-state index in [0.717, 1.165) is 28.1 Å². The third-order valence-electron chi connectivity index (χ3n) is 3.01. The van der Waals surface area contributed by atoms with Crippen LogP contribution in [0.2, 0.25) is 0 Å². The fraction of sp³-hybridized carbons (Fsp3) is 0.231. The predicted molar refractivity (Wildman–Crippen MR) is 71.1 cm³/mol. The number of nitrogens with one attached hydrogen (secondary N) is 1. The van der Waals surface area contributed by atoms with Gasteiger partial charge in [0, 0.05) is 36.1 Å². The van der Waals surface area contributed by atoms with Gasteiger partial charge >= 0.3 is 0 Å². The SMILES string of the molecule is Cn1nc(CCN)nc1-c1c[nH]c2ccccc12. The highest BCUT2D eigenvalue weighted by atomic mass is 15.3. The minimum Gasteiger partial charge on any atom is -0.360 e. The van der Waals surface area contributed by atoms with Crippen LogP contribution in [0.1, 0.15) is 5.82 Å². The monoisotopic (exact) mass is 241 g/mol. The number of aromatic amines is 1. The van der Waals surface area contributed by atoms with Crippen LogP contribution in [0.3, 0.4) is 0 Å². The zero-order valence-corrected chi connectivity index (χ0v) is 10.2. The van der Waals surface area contributed by atoms with Crippen molar-refractivity contribution in [1.29, 1.82) is 0 Å². The van der Waals surface area contributed by atoms with E-state index in [4.69, 9.17) is 5.73 Å². The number of H-pyrrole nitrogens is 1. The molecule has 0 saturated heterocycles. The summed E-state index contributed by atoms with van der Waals surface area (Å²) in [6.45, 7) is 0.567. The van der Waals surface area contributed by atoms with Crippen molar-refractivity contribution in [3.8, 4) is 11.4 Å². The lowest BCUT2D eigenvalue weighted by Gasteiger charge is -1.97. The van der Waals surface area contributed by atoms with Gasteiger partial charge in [-0.25, -0.2) is 9.67 Å². The Balaban J connectivity index is 2.14. The molecule has 0 spiro atoms. The summed E-state index contributed by atoms with van der Waals surface area (Å²) in [5.41, 5.74) is 7.71. The molecule has 18 heavy (non-hydrogen) atoms. The lowest BCUT2D eigenvalue weighted by Crippen LogP contribution is -2.04. The van der Waals surface area contributed by atoms with E-state index >= 15 is 0 Å². The van der Waals surface area contributed by atoms with Gasteiger partial charge in [0.15, 0.2) is 11.6 Å². The summed E-state index contributed by atoms with van der Waals surface area (Å²) in [6, 6.07) is 8.17. The first-order valence-corrected chi connectivity index (χ1v) is 5.96. The van der Waals surface area contributed by atoms with E-state index in [1.807, 2.05) is 25.4 Å². The number of nitrogens with two attached hydrogens (primary N) is 1. The second-order valence-electron chi connectivity index (χ2n) is 4.26. The number of hydrogen-bond acceptors (Lipinski definition) is 3. The summed E-state index contributed by atoms with van der Waals surface area (Å²) in [6.07, 6.45) is 2.68. The van der Waals surface area contributed by atoms with Gasteiger partial charge in [-0.3, -0.25) is 0 Å². The number of fused-ring (bicyclic) bond motifs is 1. The Labute approximate surface area is 105 Å². The predicted octanol–water partition coefficient (Wildman–Crippen LogP) is 1.46. The van der Waals surface area contributed by atoms with Crippen LogP contribution in [-0.4, -0.2) is 26.3 Å². The van der Waals surface area contributed by atoms with Gasteiger partial charge in [-0.1, -0.05) is 18.2 Å². The normalized spacial score (nSPS) is 11.2. The van der Waals surface area contributed by atoms with E-state index in [1.54, 1.807) is 4.68 Å². The van der Waals surface area contributed by atoms with Crippen LogP contribution < -0.4 is 5.73 Å². The van der Waals surface area contributed by atoms with Crippen molar-refractivity contribution in [3.63, 3.8) is 0 Å². The number of para-hydroxylation sites is 1. The number of benzene rings is 1. The maximum absolute atomic E-state index is 5.53. The molecule has 0 fully saturated rings. The summed E-state index contributed by atoms with van der Waals surface area (Å²) in [5.74, 6) is 1.66. The second-order valence-corrected chi connectivity index (χ2v) is 4.26. The lowest BCUT2D eigenvalue weighted by atomic mass is 10.1. The Hall–Kier alpha value is -2.14. The number of hydrogen-bond donors (Lipinski definition) is 2. The van der Waals surface area contributed by atoms with Crippen molar-refractivity contribution in [2.45, 2.75) is 6.42 Å². The van der Waals surface area contributed by atoms with Gasteiger partial charge in [-0.2, -0.15) is 5.10 Å². The van der Waals surface area contributed by atoms with Gasteiger partial charge in [0.05, 0.1) is 0 Å². The molecule has 0 aliphatic heterocycles. The average Bonchev–Trinajstić information content (AvgIpc) is 2.93. The summed E-state index contributed by atoms with van der Waals surface area (Å²) >= 11 is 0. The molecule has 0 amide bonds. The quantitative estimate of drug-likeness (QED) is 0.729. The number of nitrogens with zero attached hydrogens (tertiary/aromatic N) is 3. The summed E-state index contributed by atoms with van der Waals surface area (Å²) in [5, 5.41) is 5.53. The molecule has 5 nitrogen and oxygen atoms in total. The minimum atomic E-state index is 0.567. The molecular weight excluding hydrogens is 226 g/mol. The van der Waals surface area contributed by atoms with Crippen LogP contribution in [-0.2, 0) is 13.5 Å². The first-order chi connectivity index (χ1) is 8.79. The summed E-state index contributed by atoms with van der Waals surface area (Å²) in [7, 11) is 1.91. The van der Waals surface area contributed by atoms with Crippen LogP contribution in [0.4, 0.5) is 0 Å². The molecule has 1 aromatic carbocycles. The fourth-order valence-corrected chi connectivity index (χ4v) is 2.16. The number of aromatic nitrogens is 4. The van der Waals surface area contributed by atoms with E-state index in [1.165, 1.54) is 0 Å².